The number of benzene rings is 1. The molecule has 0 amide bonds. The Hall–Kier alpha value is -2.55. The number of aliphatic hydroxyl groups is 2. The summed E-state index contributed by atoms with van der Waals surface area (Å²) in [7, 11) is 0. The van der Waals surface area contributed by atoms with Crippen LogP contribution in [0.1, 0.15) is 58.4 Å². The average molecular weight is 517 g/mol. The summed E-state index contributed by atoms with van der Waals surface area (Å²) in [6, 6.07) is 5.89. The number of esters is 2. The highest BCUT2D eigenvalue weighted by molar-refractivity contribution is 5.78. The van der Waals surface area contributed by atoms with Gasteiger partial charge in [0.2, 0.25) is 0 Å². The first-order chi connectivity index (χ1) is 17.5. The van der Waals surface area contributed by atoms with Gasteiger partial charge in [0.25, 0.3) is 0 Å². The van der Waals surface area contributed by atoms with Crippen LogP contribution >= 0.6 is 0 Å². The zero-order valence-electron chi connectivity index (χ0n) is 21.6. The minimum Gasteiger partial charge on any atom is -0.462 e. The van der Waals surface area contributed by atoms with E-state index in [-0.39, 0.29) is 55.1 Å². The maximum Gasteiger partial charge on any atom is 0.338 e. The summed E-state index contributed by atoms with van der Waals surface area (Å²) in [6.45, 7) is 5.51. The van der Waals surface area contributed by atoms with Crippen molar-refractivity contribution >= 4 is 11.9 Å². The van der Waals surface area contributed by atoms with E-state index in [2.05, 4.69) is 13.0 Å². The zero-order chi connectivity index (χ0) is 26.7. The number of halogens is 1. The Morgan fingerprint density at radius 1 is 1.16 bits per heavy atom. The number of fused-ring (bicyclic) bond motifs is 1. The Morgan fingerprint density at radius 3 is 2.59 bits per heavy atom. The molecule has 7 atom stereocenters. The topological polar surface area (TPSA) is 102 Å². The van der Waals surface area contributed by atoms with Crippen molar-refractivity contribution < 1.29 is 38.4 Å². The Labute approximate surface area is 217 Å². The molecule has 2 aliphatic carbocycles. The van der Waals surface area contributed by atoms with Crippen LogP contribution in [0.3, 0.4) is 0 Å². The molecule has 0 spiro atoms. The highest BCUT2D eigenvalue weighted by Crippen LogP contribution is 2.44. The maximum atomic E-state index is 13.2. The van der Waals surface area contributed by atoms with E-state index < -0.39 is 29.9 Å². The van der Waals surface area contributed by atoms with E-state index >= 15 is 0 Å². The van der Waals surface area contributed by atoms with Crippen molar-refractivity contribution in [3.63, 3.8) is 0 Å². The van der Waals surface area contributed by atoms with Crippen molar-refractivity contribution in [1.29, 1.82) is 0 Å². The highest BCUT2D eigenvalue weighted by Gasteiger charge is 2.44. The number of hydrogen-bond donors (Lipinski definition) is 2. The molecule has 0 aromatic heterocycles. The van der Waals surface area contributed by atoms with Crippen LogP contribution in [0.25, 0.3) is 0 Å². The first kappa shape index (κ1) is 27.5. The molecule has 0 radical (unpaired) electrons. The molecule has 4 rings (SSSR count). The largest absolute Gasteiger partial charge is 0.462 e. The van der Waals surface area contributed by atoms with Gasteiger partial charge in [0.15, 0.2) is 5.60 Å². The van der Waals surface area contributed by atoms with E-state index in [1.165, 1.54) is 12.1 Å². The van der Waals surface area contributed by atoms with Crippen molar-refractivity contribution in [2.75, 3.05) is 0 Å². The second kappa shape index (κ2) is 11.5. The SMILES string of the molecule is CC1C=CC2=CC(O)CC(OC(=O)C(C)(C)OCc3ccc(F)cc3)C2C1CC[C@@H]1C[C@@H](O)CC(=O)O1. The molecule has 5 unspecified atom stereocenters. The van der Waals surface area contributed by atoms with E-state index in [4.69, 9.17) is 14.2 Å². The van der Waals surface area contributed by atoms with Crippen molar-refractivity contribution in [2.24, 2.45) is 17.8 Å². The van der Waals surface area contributed by atoms with Crippen LogP contribution in [0.2, 0.25) is 0 Å². The molecule has 37 heavy (non-hydrogen) atoms. The molecule has 3 aliphatic rings. The van der Waals surface area contributed by atoms with Gasteiger partial charge in [-0.25, -0.2) is 9.18 Å². The maximum absolute atomic E-state index is 13.2. The van der Waals surface area contributed by atoms with Crippen molar-refractivity contribution in [2.45, 2.75) is 89.5 Å². The lowest BCUT2D eigenvalue weighted by Crippen LogP contribution is -2.46. The minimum absolute atomic E-state index is 0.0313. The number of cyclic esters (lactones) is 1. The van der Waals surface area contributed by atoms with Crippen LogP contribution in [-0.4, -0.2) is 52.2 Å². The molecule has 1 saturated heterocycles. The van der Waals surface area contributed by atoms with Crippen LogP contribution in [0, 0.1) is 23.6 Å². The third kappa shape index (κ3) is 6.86. The fourth-order valence-corrected chi connectivity index (χ4v) is 5.59. The highest BCUT2D eigenvalue weighted by atomic mass is 19.1. The van der Waals surface area contributed by atoms with Crippen LogP contribution < -0.4 is 0 Å². The van der Waals surface area contributed by atoms with Gasteiger partial charge in [-0.05, 0) is 61.8 Å². The fraction of sp³-hybridized carbons (Fsp3) is 0.586. The lowest BCUT2D eigenvalue weighted by atomic mass is 9.66. The van der Waals surface area contributed by atoms with Gasteiger partial charge in [-0.2, -0.15) is 0 Å². The van der Waals surface area contributed by atoms with Gasteiger partial charge in [-0.15, -0.1) is 0 Å². The van der Waals surface area contributed by atoms with Gasteiger partial charge in [0.1, 0.15) is 18.0 Å². The fourth-order valence-electron chi connectivity index (χ4n) is 5.59. The van der Waals surface area contributed by atoms with E-state index in [0.717, 1.165) is 11.1 Å². The molecule has 1 aliphatic heterocycles. The second-order valence-electron chi connectivity index (χ2n) is 11.0. The summed E-state index contributed by atoms with van der Waals surface area (Å²) in [5, 5.41) is 20.5. The Morgan fingerprint density at radius 2 is 1.89 bits per heavy atom. The lowest BCUT2D eigenvalue weighted by molar-refractivity contribution is -0.180. The second-order valence-corrected chi connectivity index (χ2v) is 11.0. The molecule has 1 aromatic rings. The normalized spacial score (nSPS) is 31.8. The summed E-state index contributed by atoms with van der Waals surface area (Å²) in [6.07, 6.45) is 5.67. The van der Waals surface area contributed by atoms with Crippen LogP contribution in [0.4, 0.5) is 4.39 Å². The molecular formula is C29H37FO7. The number of allylic oxidation sites excluding steroid dienone is 2. The van der Waals surface area contributed by atoms with Gasteiger partial charge in [0, 0.05) is 18.8 Å². The van der Waals surface area contributed by atoms with E-state index in [1.807, 2.05) is 12.2 Å². The molecule has 1 aromatic carbocycles. The lowest BCUT2D eigenvalue weighted by Gasteiger charge is -2.43. The standard InChI is InChI=1S/C29H37FO7/c1-17-4-7-19-12-21(31)14-25(27(19)24(17)11-10-23-13-22(32)15-26(33)36-23)37-28(34)29(2,3)35-16-18-5-8-20(30)9-6-18/h4-9,12,17,21-25,27,31-32H,10-11,13-16H2,1-3H3/t17?,21?,22-,23-,24?,25?,27?/m1/s1. The number of rotatable bonds is 8. The Kier molecular flexibility index (Phi) is 8.51. The van der Waals surface area contributed by atoms with E-state index in [1.54, 1.807) is 26.0 Å². The molecule has 1 heterocycles. The smallest absolute Gasteiger partial charge is 0.338 e. The third-order valence-corrected chi connectivity index (χ3v) is 7.69. The molecular weight excluding hydrogens is 479 g/mol. The van der Waals surface area contributed by atoms with Gasteiger partial charge in [0.05, 0.1) is 25.2 Å². The summed E-state index contributed by atoms with van der Waals surface area (Å²) < 4.78 is 30.5. The van der Waals surface area contributed by atoms with Crippen LogP contribution in [-0.2, 0) is 30.4 Å². The molecule has 0 bridgehead atoms. The predicted molar refractivity (Wildman–Crippen MR) is 133 cm³/mol. The molecule has 8 heteroatoms. The van der Waals surface area contributed by atoms with Gasteiger partial charge >= 0.3 is 11.9 Å². The molecule has 1 fully saturated rings. The van der Waals surface area contributed by atoms with Crippen molar-refractivity contribution in [3.8, 4) is 0 Å². The first-order valence-corrected chi connectivity index (χ1v) is 13.1. The number of ether oxygens (including phenoxy) is 3. The van der Waals surface area contributed by atoms with Crippen LogP contribution in [0.5, 0.6) is 0 Å². The van der Waals surface area contributed by atoms with Crippen molar-refractivity contribution in [1.82, 2.24) is 0 Å². The van der Waals surface area contributed by atoms with Gasteiger partial charge < -0.3 is 24.4 Å². The monoisotopic (exact) mass is 516 g/mol. The van der Waals surface area contributed by atoms with Crippen LogP contribution in [0.15, 0.2) is 48.1 Å². The quantitative estimate of drug-likeness (QED) is 0.504. The average Bonchev–Trinajstić information content (AvgIpc) is 2.82. The number of aliphatic hydroxyl groups excluding tert-OH is 2. The van der Waals surface area contributed by atoms with Gasteiger partial charge in [-0.3, -0.25) is 4.79 Å². The molecule has 2 N–H and O–H groups in total. The number of carbonyl (C=O) groups is 2. The number of carbonyl (C=O) groups excluding carboxylic acids is 2. The van der Waals surface area contributed by atoms with E-state index in [0.29, 0.717) is 19.3 Å². The van der Waals surface area contributed by atoms with E-state index in [9.17, 15) is 24.2 Å². The Balaban J connectivity index is 1.44. The Bertz CT molecular complexity index is 1030. The minimum atomic E-state index is -1.25. The molecule has 202 valence electrons. The summed E-state index contributed by atoms with van der Waals surface area (Å²) in [5.41, 5.74) is 0.421. The molecule has 0 saturated carbocycles. The summed E-state index contributed by atoms with van der Waals surface area (Å²) in [4.78, 5) is 25.0. The zero-order valence-corrected chi connectivity index (χ0v) is 21.6. The first-order valence-electron chi connectivity index (χ1n) is 13.1. The number of hydrogen-bond acceptors (Lipinski definition) is 7. The predicted octanol–water partition coefficient (Wildman–Crippen LogP) is 4.01. The molecule has 7 nitrogen and oxygen atoms in total. The van der Waals surface area contributed by atoms with Crippen molar-refractivity contribution in [3.05, 3.63) is 59.4 Å². The summed E-state index contributed by atoms with van der Waals surface area (Å²) in [5.74, 6) is -1.09. The summed E-state index contributed by atoms with van der Waals surface area (Å²) >= 11 is 0. The van der Waals surface area contributed by atoms with Gasteiger partial charge in [-0.1, -0.05) is 37.3 Å². The third-order valence-electron chi connectivity index (χ3n) is 7.69.